The number of benzene rings is 2. The largest absolute Gasteiger partial charge is 0.459 e. The lowest BCUT2D eigenvalue weighted by Crippen LogP contribution is -2.28. The van der Waals surface area contributed by atoms with Crippen LogP contribution < -0.4 is 11.5 Å². The number of esters is 2. The van der Waals surface area contributed by atoms with E-state index in [0.29, 0.717) is 22.5 Å². The number of hydrogen-bond acceptors (Lipinski definition) is 7. The monoisotopic (exact) mass is 466 g/mol. The van der Waals surface area contributed by atoms with Gasteiger partial charge in [0, 0.05) is 29.6 Å². The molecule has 1 aliphatic rings. The van der Waals surface area contributed by atoms with Gasteiger partial charge in [0.25, 0.3) is 0 Å². The summed E-state index contributed by atoms with van der Waals surface area (Å²) in [5.41, 5.74) is 14.6. The van der Waals surface area contributed by atoms with Gasteiger partial charge in [-0.1, -0.05) is 25.5 Å². The molecule has 0 bridgehead atoms. The molecule has 0 saturated heterocycles. The van der Waals surface area contributed by atoms with Crippen LogP contribution in [0.4, 0.5) is 11.4 Å². The van der Waals surface area contributed by atoms with Crippen LogP contribution in [0.25, 0.3) is 6.08 Å². The Kier molecular flexibility index (Phi) is 9.52. The van der Waals surface area contributed by atoms with E-state index in [4.69, 9.17) is 25.7 Å². The van der Waals surface area contributed by atoms with Crippen LogP contribution in [0, 0.1) is 0 Å². The highest BCUT2D eigenvalue weighted by atomic mass is 16.5. The van der Waals surface area contributed by atoms with E-state index in [0.717, 1.165) is 50.7 Å². The average molecular weight is 467 g/mol. The number of hydrogen-bond donors (Lipinski definition) is 2. The minimum absolute atomic E-state index is 0.0393. The second-order valence-corrected chi connectivity index (χ2v) is 8.55. The molecule has 1 fully saturated rings. The van der Waals surface area contributed by atoms with E-state index >= 15 is 0 Å². The lowest BCUT2D eigenvalue weighted by molar-refractivity contribution is -0.138. The topological polar surface area (TPSA) is 114 Å². The Balaban J connectivity index is 1.42. The Morgan fingerprint density at radius 1 is 1.00 bits per heavy atom. The molecule has 0 atom stereocenters. The number of rotatable bonds is 10. The Bertz CT molecular complexity index is 979. The van der Waals surface area contributed by atoms with Crippen LogP contribution in [0.15, 0.2) is 48.5 Å². The van der Waals surface area contributed by atoms with E-state index in [2.05, 4.69) is 6.92 Å². The van der Waals surface area contributed by atoms with Gasteiger partial charge in [0.1, 0.15) is 12.7 Å². The Labute approximate surface area is 201 Å². The minimum Gasteiger partial charge on any atom is -0.459 e. The van der Waals surface area contributed by atoms with E-state index < -0.39 is 5.97 Å². The first-order chi connectivity index (χ1) is 16.4. The van der Waals surface area contributed by atoms with Crippen molar-refractivity contribution in [3.63, 3.8) is 0 Å². The van der Waals surface area contributed by atoms with Crippen LogP contribution in [-0.4, -0.2) is 30.8 Å². The van der Waals surface area contributed by atoms with Gasteiger partial charge >= 0.3 is 11.9 Å². The quantitative estimate of drug-likeness (QED) is 0.222. The molecule has 0 amide bonds. The zero-order chi connectivity index (χ0) is 24.3. The molecule has 1 aliphatic carbocycles. The van der Waals surface area contributed by atoms with Crippen molar-refractivity contribution in [2.24, 2.45) is 0 Å². The van der Waals surface area contributed by atoms with Crippen molar-refractivity contribution >= 4 is 29.4 Å². The second-order valence-electron chi connectivity index (χ2n) is 8.55. The summed E-state index contributed by atoms with van der Waals surface area (Å²) in [6, 6.07) is 11.9. The van der Waals surface area contributed by atoms with Crippen LogP contribution in [0.1, 0.15) is 66.9 Å². The SMILES string of the molecule is CCCCOC1CCC(OC(=O)c2ccc(/C=C/C(=O)OCc3cc(N)ccc3N)cc2)CC1. The van der Waals surface area contributed by atoms with Crippen molar-refractivity contribution in [1.29, 1.82) is 0 Å². The second kappa shape index (κ2) is 12.8. The van der Waals surface area contributed by atoms with Crippen molar-refractivity contribution in [2.75, 3.05) is 18.1 Å². The molecule has 1 saturated carbocycles. The van der Waals surface area contributed by atoms with Gasteiger partial charge < -0.3 is 25.7 Å². The molecular weight excluding hydrogens is 432 g/mol. The van der Waals surface area contributed by atoms with Gasteiger partial charge in [-0.05, 0) is 74.1 Å². The number of nitrogen functional groups attached to an aromatic ring is 2. The summed E-state index contributed by atoms with van der Waals surface area (Å²) in [7, 11) is 0. The molecule has 0 unspecified atom stereocenters. The highest BCUT2D eigenvalue weighted by Gasteiger charge is 2.24. The smallest absolute Gasteiger partial charge is 0.338 e. The van der Waals surface area contributed by atoms with Gasteiger partial charge in [0.15, 0.2) is 0 Å². The third-order valence-corrected chi connectivity index (χ3v) is 5.84. The van der Waals surface area contributed by atoms with E-state index in [-0.39, 0.29) is 24.8 Å². The van der Waals surface area contributed by atoms with Crippen LogP contribution in [-0.2, 0) is 25.6 Å². The molecule has 0 aliphatic heterocycles. The summed E-state index contributed by atoms with van der Waals surface area (Å²) in [6.45, 7) is 3.00. The fraction of sp³-hybridized carbons (Fsp3) is 0.407. The number of nitrogens with two attached hydrogens (primary N) is 2. The van der Waals surface area contributed by atoms with Gasteiger partial charge in [-0.25, -0.2) is 9.59 Å². The minimum atomic E-state index is -0.500. The summed E-state index contributed by atoms with van der Waals surface area (Å²) >= 11 is 0. The standard InChI is InChI=1S/C27H34N2O5/c1-2-3-16-32-23-10-12-24(13-11-23)34-27(31)20-7-4-19(5-8-20)6-15-26(30)33-18-21-17-22(28)9-14-25(21)29/h4-9,14-15,17,23-24H,2-3,10-13,16,18,28-29H2,1H3/b15-6+. The summed E-state index contributed by atoms with van der Waals surface area (Å²) < 4.78 is 16.8. The summed E-state index contributed by atoms with van der Waals surface area (Å²) in [6.07, 6.45) is 8.88. The highest BCUT2D eigenvalue weighted by molar-refractivity contribution is 5.90. The van der Waals surface area contributed by atoms with Gasteiger partial charge in [0.2, 0.25) is 0 Å². The third kappa shape index (κ3) is 7.92. The molecule has 0 aromatic heterocycles. The Hall–Kier alpha value is -3.32. The van der Waals surface area contributed by atoms with Crippen molar-refractivity contribution in [2.45, 2.75) is 64.3 Å². The molecule has 7 nitrogen and oxygen atoms in total. The fourth-order valence-electron chi connectivity index (χ4n) is 3.77. The molecule has 3 rings (SSSR count). The van der Waals surface area contributed by atoms with E-state index in [1.54, 1.807) is 48.5 Å². The lowest BCUT2D eigenvalue weighted by atomic mass is 9.95. The first-order valence-electron chi connectivity index (χ1n) is 11.9. The van der Waals surface area contributed by atoms with Crippen LogP contribution in [0.5, 0.6) is 0 Å². The Morgan fingerprint density at radius 2 is 1.71 bits per heavy atom. The van der Waals surface area contributed by atoms with Crippen molar-refractivity contribution < 1.29 is 23.8 Å². The molecule has 4 N–H and O–H groups in total. The van der Waals surface area contributed by atoms with E-state index in [1.807, 2.05) is 0 Å². The predicted octanol–water partition coefficient (Wildman–Crippen LogP) is 4.89. The van der Waals surface area contributed by atoms with E-state index in [1.165, 1.54) is 6.08 Å². The number of carbonyl (C=O) groups is 2. The molecule has 182 valence electrons. The predicted molar refractivity (Wildman–Crippen MR) is 133 cm³/mol. The third-order valence-electron chi connectivity index (χ3n) is 5.84. The maximum atomic E-state index is 12.5. The molecule has 2 aromatic carbocycles. The van der Waals surface area contributed by atoms with Gasteiger partial charge in [0.05, 0.1) is 11.7 Å². The number of carbonyl (C=O) groups excluding carboxylic acids is 2. The zero-order valence-electron chi connectivity index (χ0n) is 19.7. The maximum Gasteiger partial charge on any atom is 0.338 e. The van der Waals surface area contributed by atoms with E-state index in [9.17, 15) is 9.59 Å². The first kappa shape index (κ1) is 25.3. The van der Waals surface area contributed by atoms with Crippen LogP contribution >= 0.6 is 0 Å². The average Bonchev–Trinajstić information content (AvgIpc) is 2.85. The number of unbranched alkanes of at least 4 members (excludes halogenated alkanes) is 1. The summed E-state index contributed by atoms with van der Waals surface area (Å²) in [5, 5.41) is 0. The lowest BCUT2D eigenvalue weighted by Gasteiger charge is -2.28. The highest BCUT2D eigenvalue weighted by Crippen LogP contribution is 2.25. The molecule has 0 radical (unpaired) electrons. The van der Waals surface area contributed by atoms with Crippen LogP contribution in [0.2, 0.25) is 0 Å². The van der Waals surface area contributed by atoms with Gasteiger partial charge in [-0.15, -0.1) is 0 Å². The van der Waals surface area contributed by atoms with Gasteiger partial charge in [-0.3, -0.25) is 0 Å². The number of anilines is 2. The maximum absolute atomic E-state index is 12.5. The van der Waals surface area contributed by atoms with Crippen molar-refractivity contribution in [1.82, 2.24) is 0 Å². The molecule has 0 heterocycles. The first-order valence-corrected chi connectivity index (χ1v) is 11.9. The summed E-state index contributed by atoms with van der Waals surface area (Å²) in [5.74, 6) is -0.829. The number of ether oxygens (including phenoxy) is 3. The zero-order valence-corrected chi connectivity index (χ0v) is 19.7. The Morgan fingerprint density at radius 3 is 2.41 bits per heavy atom. The van der Waals surface area contributed by atoms with Crippen LogP contribution in [0.3, 0.4) is 0 Å². The fourth-order valence-corrected chi connectivity index (χ4v) is 3.77. The van der Waals surface area contributed by atoms with Crippen molar-refractivity contribution in [3.8, 4) is 0 Å². The summed E-state index contributed by atoms with van der Waals surface area (Å²) in [4.78, 5) is 24.5. The van der Waals surface area contributed by atoms with Crippen molar-refractivity contribution in [3.05, 3.63) is 65.2 Å². The molecular formula is C27H34N2O5. The molecule has 2 aromatic rings. The molecule has 7 heteroatoms. The molecule has 34 heavy (non-hydrogen) atoms. The normalized spacial score (nSPS) is 18.0. The molecule has 0 spiro atoms. The van der Waals surface area contributed by atoms with Gasteiger partial charge in [-0.2, -0.15) is 0 Å².